The van der Waals surface area contributed by atoms with Crippen molar-refractivity contribution in [3.8, 4) is 0 Å². The number of nitrogens with zero attached hydrogens (tertiary/aromatic N) is 3. The molecule has 1 aromatic carbocycles. The van der Waals surface area contributed by atoms with Crippen LogP contribution in [-0.2, 0) is 14.8 Å². The van der Waals surface area contributed by atoms with E-state index in [9.17, 15) is 17.6 Å². The van der Waals surface area contributed by atoms with E-state index in [0.717, 1.165) is 12.1 Å². The van der Waals surface area contributed by atoms with Gasteiger partial charge in [0.15, 0.2) is 0 Å². The largest absolute Gasteiger partial charge is 0.339 e. The van der Waals surface area contributed by atoms with E-state index in [1.54, 1.807) is 4.90 Å². The van der Waals surface area contributed by atoms with Crippen molar-refractivity contribution < 1.29 is 17.6 Å². The van der Waals surface area contributed by atoms with Gasteiger partial charge in [-0.1, -0.05) is 11.6 Å². The lowest BCUT2D eigenvalue weighted by Gasteiger charge is -2.35. The van der Waals surface area contributed by atoms with Crippen molar-refractivity contribution in [3.05, 3.63) is 29.0 Å². The quantitative estimate of drug-likeness (QED) is 0.710. The maximum Gasteiger partial charge on any atom is 0.243 e. The highest BCUT2D eigenvalue weighted by Crippen LogP contribution is 2.34. The first-order chi connectivity index (χ1) is 12.7. The van der Waals surface area contributed by atoms with E-state index >= 15 is 0 Å². The third-order valence-corrected chi connectivity index (χ3v) is 7.69. The molecule has 1 aromatic rings. The van der Waals surface area contributed by atoms with Crippen LogP contribution in [0.3, 0.4) is 0 Å². The molecule has 1 unspecified atom stereocenters. The van der Waals surface area contributed by atoms with Crippen LogP contribution < -0.4 is 0 Å². The molecule has 0 radical (unpaired) electrons. The number of sulfonamides is 1. The molecule has 1 saturated carbocycles. The van der Waals surface area contributed by atoms with Gasteiger partial charge < -0.3 is 4.90 Å². The Bertz CT molecular complexity index is 808. The Kier molecular flexibility index (Phi) is 6.10. The van der Waals surface area contributed by atoms with E-state index in [0.29, 0.717) is 31.6 Å². The van der Waals surface area contributed by atoms with Gasteiger partial charge in [-0.3, -0.25) is 9.69 Å². The highest BCUT2D eigenvalue weighted by molar-refractivity contribution is 7.89. The highest BCUT2D eigenvalue weighted by Gasteiger charge is 2.33. The number of carbonyl (C=O) groups is 1. The zero-order valence-electron chi connectivity index (χ0n) is 15.6. The molecule has 9 heteroatoms. The van der Waals surface area contributed by atoms with Crippen molar-refractivity contribution in [2.75, 3.05) is 39.8 Å². The van der Waals surface area contributed by atoms with Crippen LogP contribution in [0.15, 0.2) is 23.1 Å². The number of carbonyl (C=O) groups excluding carboxylic acids is 1. The summed E-state index contributed by atoms with van der Waals surface area (Å²) in [6, 6.07) is 3.77. The summed E-state index contributed by atoms with van der Waals surface area (Å²) in [5.74, 6) is 0.0507. The summed E-state index contributed by atoms with van der Waals surface area (Å²) in [6.07, 6.45) is 2.45. The standard InChI is InChI=1S/C18H25ClFN3O3S/c1-13(14-3-4-14)21(2)12-18(24)22-7-9-23(10-8-22)27(25,26)15-5-6-17(20)16(19)11-15/h5-6,11,13-14H,3-4,7-10,12H2,1-2H3. The molecule has 1 aliphatic heterocycles. The average Bonchev–Trinajstić information content (AvgIpc) is 3.48. The number of hydrogen-bond acceptors (Lipinski definition) is 4. The molecule has 0 N–H and O–H groups in total. The zero-order valence-corrected chi connectivity index (χ0v) is 17.1. The van der Waals surface area contributed by atoms with Gasteiger partial charge in [0.05, 0.1) is 16.5 Å². The minimum Gasteiger partial charge on any atom is -0.339 e. The van der Waals surface area contributed by atoms with Gasteiger partial charge >= 0.3 is 0 Å². The predicted molar refractivity (Wildman–Crippen MR) is 102 cm³/mol. The Morgan fingerprint density at radius 2 is 1.93 bits per heavy atom. The number of halogens is 2. The molecule has 150 valence electrons. The first-order valence-corrected chi connectivity index (χ1v) is 10.9. The van der Waals surface area contributed by atoms with Gasteiger partial charge in [0.25, 0.3) is 0 Å². The molecular weight excluding hydrogens is 393 g/mol. The normalized spacial score (nSPS) is 20.1. The number of rotatable bonds is 6. The lowest BCUT2D eigenvalue weighted by atomic mass is 10.2. The Labute approximate surface area is 164 Å². The van der Waals surface area contributed by atoms with Crippen LogP contribution >= 0.6 is 11.6 Å². The summed E-state index contributed by atoms with van der Waals surface area (Å²) in [6.45, 7) is 3.61. The van der Waals surface area contributed by atoms with Gasteiger partial charge in [-0.15, -0.1) is 0 Å². The molecule has 1 saturated heterocycles. The van der Waals surface area contributed by atoms with Crippen LogP contribution in [-0.4, -0.2) is 74.2 Å². The van der Waals surface area contributed by atoms with Crippen molar-refractivity contribution in [3.63, 3.8) is 0 Å². The molecule has 27 heavy (non-hydrogen) atoms. The van der Waals surface area contributed by atoms with E-state index < -0.39 is 15.8 Å². The lowest BCUT2D eigenvalue weighted by Crippen LogP contribution is -2.52. The minimum absolute atomic E-state index is 0.0203. The molecule has 6 nitrogen and oxygen atoms in total. The number of piperazine rings is 1. The Hall–Kier alpha value is -1.22. The van der Waals surface area contributed by atoms with Crippen LogP contribution in [0, 0.1) is 11.7 Å². The van der Waals surface area contributed by atoms with Crippen LogP contribution in [0.2, 0.25) is 5.02 Å². The fourth-order valence-electron chi connectivity index (χ4n) is 3.36. The van der Waals surface area contributed by atoms with Gasteiger partial charge in [0.2, 0.25) is 15.9 Å². The molecule has 1 atom stereocenters. The summed E-state index contributed by atoms with van der Waals surface area (Å²) < 4.78 is 40.0. The first kappa shape index (κ1) is 20.5. The Morgan fingerprint density at radius 3 is 2.48 bits per heavy atom. The fraction of sp³-hybridized carbons (Fsp3) is 0.611. The van der Waals surface area contributed by atoms with Crippen molar-refractivity contribution in [2.45, 2.75) is 30.7 Å². The fourth-order valence-corrected chi connectivity index (χ4v) is 5.05. The molecule has 3 rings (SSSR count). The van der Waals surface area contributed by atoms with Crippen LogP contribution in [0.5, 0.6) is 0 Å². The van der Waals surface area contributed by atoms with E-state index in [1.807, 2.05) is 7.05 Å². The van der Waals surface area contributed by atoms with Gasteiger partial charge in [-0.25, -0.2) is 12.8 Å². The molecule has 0 aromatic heterocycles. The maximum absolute atomic E-state index is 13.3. The number of benzene rings is 1. The number of likely N-dealkylation sites (N-methyl/N-ethyl adjacent to an activating group) is 1. The summed E-state index contributed by atoms with van der Waals surface area (Å²) >= 11 is 5.71. The second kappa shape index (κ2) is 8.03. The van der Waals surface area contributed by atoms with Crippen molar-refractivity contribution in [1.29, 1.82) is 0 Å². The van der Waals surface area contributed by atoms with Gasteiger partial charge in [-0.2, -0.15) is 4.31 Å². The molecule has 0 spiro atoms. The van der Waals surface area contributed by atoms with Crippen molar-refractivity contribution >= 4 is 27.5 Å². The predicted octanol–water partition coefficient (Wildman–Crippen LogP) is 2.04. The Balaban J connectivity index is 1.57. The summed E-state index contributed by atoms with van der Waals surface area (Å²) in [7, 11) is -1.80. The monoisotopic (exact) mass is 417 g/mol. The summed E-state index contributed by atoms with van der Waals surface area (Å²) in [4.78, 5) is 16.3. The third-order valence-electron chi connectivity index (χ3n) is 5.50. The van der Waals surface area contributed by atoms with E-state index in [1.165, 1.54) is 23.2 Å². The topological polar surface area (TPSA) is 60.9 Å². The van der Waals surface area contributed by atoms with Crippen LogP contribution in [0.4, 0.5) is 4.39 Å². The Morgan fingerprint density at radius 1 is 1.30 bits per heavy atom. The van der Waals surface area contributed by atoms with Gasteiger partial charge in [0, 0.05) is 32.2 Å². The summed E-state index contributed by atoms with van der Waals surface area (Å²) in [5.41, 5.74) is 0. The molecule has 1 aliphatic carbocycles. The highest BCUT2D eigenvalue weighted by atomic mass is 35.5. The lowest BCUT2D eigenvalue weighted by molar-refractivity contribution is -0.133. The molecule has 1 amide bonds. The molecular formula is C18H25ClFN3O3S. The molecule has 0 bridgehead atoms. The van der Waals surface area contributed by atoms with Crippen molar-refractivity contribution in [1.82, 2.24) is 14.1 Å². The molecule has 2 aliphatic rings. The third kappa shape index (κ3) is 4.62. The van der Waals surface area contributed by atoms with E-state index in [2.05, 4.69) is 11.8 Å². The SMILES string of the molecule is CC(C1CC1)N(C)CC(=O)N1CCN(S(=O)(=O)c2ccc(F)c(Cl)c2)CC1. The van der Waals surface area contributed by atoms with Gasteiger partial charge in [-0.05, 0) is 50.9 Å². The van der Waals surface area contributed by atoms with Gasteiger partial charge in [0.1, 0.15) is 5.82 Å². The maximum atomic E-state index is 13.3. The van der Waals surface area contributed by atoms with E-state index in [4.69, 9.17) is 11.6 Å². The average molecular weight is 418 g/mol. The second-order valence-corrected chi connectivity index (χ2v) is 9.70. The van der Waals surface area contributed by atoms with Crippen molar-refractivity contribution in [2.24, 2.45) is 5.92 Å². The van der Waals surface area contributed by atoms with E-state index in [-0.39, 0.29) is 28.9 Å². The minimum atomic E-state index is -3.76. The zero-order chi connectivity index (χ0) is 19.8. The summed E-state index contributed by atoms with van der Waals surface area (Å²) in [5, 5.41) is -0.224. The molecule has 1 heterocycles. The second-order valence-electron chi connectivity index (χ2n) is 7.35. The number of amides is 1. The smallest absolute Gasteiger partial charge is 0.243 e. The molecule has 2 fully saturated rings. The number of hydrogen-bond donors (Lipinski definition) is 0. The van der Waals surface area contributed by atoms with Crippen LogP contribution in [0.25, 0.3) is 0 Å². The van der Waals surface area contributed by atoms with Crippen LogP contribution in [0.1, 0.15) is 19.8 Å². The first-order valence-electron chi connectivity index (χ1n) is 9.13.